The summed E-state index contributed by atoms with van der Waals surface area (Å²) >= 11 is 0. The molecule has 12 heteroatoms. The van der Waals surface area contributed by atoms with Crippen LogP contribution in [0.2, 0.25) is 0 Å². The molecule has 5 rings (SSSR count). The number of amides is 3. The maximum atomic E-state index is 13.4. The normalized spacial score (nSPS) is 16.3. The third-order valence-electron chi connectivity index (χ3n) is 6.97. The Kier molecular flexibility index (Phi) is 9.04. The molecule has 12 nitrogen and oxygen atoms in total. The van der Waals surface area contributed by atoms with Crippen LogP contribution in [0.4, 0.5) is 0 Å². The van der Waals surface area contributed by atoms with E-state index in [1.165, 1.54) is 11.0 Å². The van der Waals surface area contributed by atoms with E-state index in [0.717, 1.165) is 5.56 Å². The zero-order chi connectivity index (χ0) is 30.3. The molecule has 2 aromatic carbocycles. The Morgan fingerprint density at radius 2 is 1.93 bits per heavy atom. The lowest BCUT2D eigenvalue weighted by molar-refractivity contribution is -0.129. The summed E-state index contributed by atoms with van der Waals surface area (Å²) in [4.78, 5) is 46.0. The highest BCUT2D eigenvalue weighted by Crippen LogP contribution is 2.33. The molecule has 4 aromatic rings. The van der Waals surface area contributed by atoms with E-state index in [9.17, 15) is 14.4 Å². The Hall–Kier alpha value is -5.13. The fourth-order valence-electron chi connectivity index (χ4n) is 4.72. The minimum absolute atomic E-state index is 0.0844. The molecular formula is C31H33N5O7. The van der Waals surface area contributed by atoms with Gasteiger partial charge in [0.1, 0.15) is 23.3 Å². The smallest absolute Gasteiger partial charge is 0.276 e. The number of ether oxygens (including phenoxy) is 2. The van der Waals surface area contributed by atoms with Crippen LogP contribution in [0.15, 0.2) is 63.5 Å². The van der Waals surface area contributed by atoms with Crippen molar-refractivity contribution in [2.75, 3.05) is 26.8 Å². The van der Waals surface area contributed by atoms with E-state index in [1.54, 1.807) is 33.1 Å². The van der Waals surface area contributed by atoms with Crippen LogP contribution in [0, 0.1) is 13.8 Å². The summed E-state index contributed by atoms with van der Waals surface area (Å²) in [6, 6.07) is 15.3. The molecule has 3 amide bonds. The van der Waals surface area contributed by atoms with Gasteiger partial charge in [-0.05, 0) is 44.0 Å². The van der Waals surface area contributed by atoms with Crippen LogP contribution in [0.3, 0.4) is 0 Å². The largest absolute Gasteiger partial charge is 0.493 e. The second kappa shape index (κ2) is 13.2. The summed E-state index contributed by atoms with van der Waals surface area (Å²) in [6.07, 6.45) is 0.639. The Balaban J connectivity index is 1.45. The number of methoxy groups -OCH3 is 1. The van der Waals surface area contributed by atoms with Crippen LogP contribution in [0.1, 0.15) is 39.7 Å². The Morgan fingerprint density at radius 1 is 1.12 bits per heavy atom. The molecular weight excluding hydrogens is 554 g/mol. The van der Waals surface area contributed by atoms with Crippen molar-refractivity contribution in [2.45, 2.75) is 39.3 Å². The number of nitrogens with zero attached hydrogens (tertiary/aromatic N) is 3. The second-order valence-electron chi connectivity index (χ2n) is 10.2. The topological polar surface area (TPSA) is 149 Å². The van der Waals surface area contributed by atoms with Gasteiger partial charge in [0.05, 0.1) is 26.8 Å². The third-order valence-corrected chi connectivity index (χ3v) is 6.97. The monoisotopic (exact) mass is 587 g/mol. The quantitative estimate of drug-likeness (QED) is 0.367. The first-order valence-corrected chi connectivity index (χ1v) is 13.9. The van der Waals surface area contributed by atoms with Crippen molar-refractivity contribution in [3.05, 3.63) is 83.1 Å². The maximum absolute atomic E-state index is 13.4. The SMILES string of the molecule is COc1ccc2cc1OCCCN(C(=O)c1cc(C)on1)CC(=O)N[C@H](Cc1ccccc1)C(=O)NCc1nc-2oc1C. The van der Waals surface area contributed by atoms with Crippen LogP contribution >= 0.6 is 0 Å². The van der Waals surface area contributed by atoms with Crippen molar-refractivity contribution >= 4 is 17.7 Å². The highest BCUT2D eigenvalue weighted by molar-refractivity contribution is 5.96. The highest BCUT2D eigenvalue weighted by atomic mass is 16.5. The van der Waals surface area contributed by atoms with Crippen molar-refractivity contribution in [3.8, 4) is 23.0 Å². The molecule has 0 radical (unpaired) electrons. The third kappa shape index (κ3) is 7.21. The predicted octanol–water partition coefficient (Wildman–Crippen LogP) is 3.22. The molecule has 0 saturated heterocycles. The summed E-state index contributed by atoms with van der Waals surface area (Å²) in [5.74, 6) is 1.00. The van der Waals surface area contributed by atoms with E-state index in [2.05, 4.69) is 20.8 Å². The minimum atomic E-state index is -0.904. The number of fused-ring (bicyclic) bond motifs is 5. The fourth-order valence-corrected chi connectivity index (χ4v) is 4.72. The Bertz CT molecular complexity index is 1600. The molecule has 0 unspecified atom stereocenters. The number of benzene rings is 2. The predicted molar refractivity (Wildman–Crippen MR) is 154 cm³/mol. The number of carbonyl (C=O) groups is 3. The van der Waals surface area contributed by atoms with Gasteiger partial charge in [0.25, 0.3) is 5.91 Å². The van der Waals surface area contributed by atoms with Crippen LogP contribution in [-0.2, 0) is 22.6 Å². The second-order valence-corrected chi connectivity index (χ2v) is 10.2. The fraction of sp³-hybridized carbons (Fsp3) is 0.323. The van der Waals surface area contributed by atoms with Gasteiger partial charge in [-0.1, -0.05) is 35.5 Å². The van der Waals surface area contributed by atoms with Gasteiger partial charge in [-0.2, -0.15) is 0 Å². The summed E-state index contributed by atoms with van der Waals surface area (Å²) < 4.78 is 22.5. The maximum Gasteiger partial charge on any atom is 0.276 e. The molecule has 43 heavy (non-hydrogen) atoms. The zero-order valence-corrected chi connectivity index (χ0v) is 24.2. The first-order valence-electron chi connectivity index (χ1n) is 13.9. The van der Waals surface area contributed by atoms with E-state index in [4.69, 9.17) is 18.4 Å². The van der Waals surface area contributed by atoms with E-state index >= 15 is 0 Å². The number of aryl methyl sites for hydroxylation is 2. The van der Waals surface area contributed by atoms with Crippen molar-refractivity contribution in [1.82, 2.24) is 25.7 Å². The average molecular weight is 588 g/mol. The molecule has 4 bridgehead atoms. The summed E-state index contributed by atoms with van der Waals surface area (Å²) in [6.45, 7) is 3.64. The van der Waals surface area contributed by atoms with Gasteiger partial charge >= 0.3 is 0 Å². The molecule has 0 spiro atoms. The lowest BCUT2D eigenvalue weighted by Crippen LogP contribution is -2.51. The molecule has 224 valence electrons. The zero-order valence-electron chi connectivity index (χ0n) is 24.2. The van der Waals surface area contributed by atoms with Crippen LogP contribution in [-0.4, -0.2) is 65.6 Å². The standard InChI is InChI=1S/C31H33N5O7/c1-19-14-24(35-43-19)31(39)36-12-7-13-41-27-16-22(10-11-26(27)40-3)30-34-25(20(2)42-30)17-32-29(38)23(33-28(37)18-36)15-21-8-5-4-6-9-21/h4-6,8-11,14,16,23H,7,12-13,15,17-18H2,1-3H3,(H,32,38)(H,33,37)/t23-/m1/s1. The molecule has 2 N–H and O–H groups in total. The van der Waals surface area contributed by atoms with Gasteiger partial charge in [-0.15, -0.1) is 0 Å². The summed E-state index contributed by atoms with van der Waals surface area (Å²) in [5, 5.41) is 9.52. The molecule has 3 heterocycles. The highest BCUT2D eigenvalue weighted by Gasteiger charge is 2.26. The van der Waals surface area contributed by atoms with Crippen LogP contribution in [0.25, 0.3) is 11.5 Å². The van der Waals surface area contributed by atoms with Gasteiger partial charge in [0.15, 0.2) is 17.2 Å². The molecule has 1 atom stereocenters. The molecule has 0 saturated carbocycles. The first kappa shape index (κ1) is 29.4. The van der Waals surface area contributed by atoms with Crippen molar-refractivity contribution in [2.24, 2.45) is 0 Å². The molecule has 0 fully saturated rings. The van der Waals surface area contributed by atoms with Crippen molar-refractivity contribution < 1.29 is 32.8 Å². The molecule has 0 aliphatic carbocycles. The number of rotatable bonds is 4. The van der Waals surface area contributed by atoms with Gasteiger partial charge < -0.3 is 33.9 Å². The lowest BCUT2D eigenvalue weighted by Gasteiger charge is -2.24. The number of hydrogen-bond acceptors (Lipinski definition) is 9. The lowest BCUT2D eigenvalue weighted by atomic mass is 10.0. The minimum Gasteiger partial charge on any atom is -0.493 e. The van der Waals surface area contributed by atoms with E-state index in [-0.39, 0.29) is 38.4 Å². The van der Waals surface area contributed by atoms with Crippen molar-refractivity contribution in [1.29, 1.82) is 0 Å². The molecule has 1 aliphatic heterocycles. The first-order chi connectivity index (χ1) is 20.8. The number of carbonyl (C=O) groups excluding carboxylic acids is 3. The van der Waals surface area contributed by atoms with Crippen molar-refractivity contribution in [3.63, 3.8) is 0 Å². The van der Waals surface area contributed by atoms with E-state index in [1.807, 2.05) is 36.4 Å². The Morgan fingerprint density at radius 3 is 2.67 bits per heavy atom. The van der Waals surface area contributed by atoms with Crippen LogP contribution in [0.5, 0.6) is 11.5 Å². The molecule has 1 aliphatic rings. The number of nitrogens with one attached hydrogen (secondary N) is 2. The Labute approximate surface area is 248 Å². The number of hydrogen-bond donors (Lipinski definition) is 2. The van der Waals surface area contributed by atoms with Crippen LogP contribution < -0.4 is 20.1 Å². The van der Waals surface area contributed by atoms with E-state index < -0.39 is 23.8 Å². The van der Waals surface area contributed by atoms with Gasteiger partial charge in [-0.25, -0.2) is 4.98 Å². The summed E-state index contributed by atoms with van der Waals surface area (Å²) in [5.41, 5.74) is 2.17. The van der Waals surface area contributed by atoms with Gasteiger partial charge in [-0.3, -0.25) is 14.4 Å². The van der Waals surface area contributed by atoms with Gasteiger partial charge in [0.2, 0.25) is 17.7 Å². The number of aromatic nitrogens is 2. The summed E-state index contributed by atoms with van der Waals surface area (Å²) in [7, 11) is 1.54. The molecule has 2 aromatic heterocycles. The number of oxazole rings is 1. The average Bonchev–Trinajstić information content (AvgIpc) is 3.61. The van der Waals surface area contributed by atoms with E-state index in [0.29, 0.717) is 46.6 Å². The van der Waals surface area contributed by atoms with Gasteiger partial charge in [0, 0.05) is 24.6 Å².